The van der Waals surface area contributed by atoms with E-state index in [4.69, 9.17) is 44.3 Å². The summed E-state index contributed by atoms with van der Waals surface area (Å²) >= 11 is 17.8. The van der Waals surface area contributed by atoms with Crippen LogP contribution in [0.5, 0.6) is 5.75 Å². The lowest BCUT2D eigenvalue weighted by Crippen LogP contribution is -2.37. The average Bonchev–Trinajstić information content (AvgIpc) is 2.46. The third kappa shape index (κ3) is 4.92. The fourth-order valence-corrected chi connectivity index (χ4v) is 3.01. The zero-order valence-corrected chi connectivity index (χ0v) is 13.6. The van der Waals surface area contributed by atoms with E-state index in [2.05, 4.69) is 5.32 Å². The lowest BCUT2D eigenvalue weighted by Gasteiger charge is -2.21. The Bertz CT molecular complexity index is 481. The molecule has 7 heteroatoms. The molecule has 0 aliphatic carbocycles. The van der Waals surface area contributed by atoms with Crippen molar-refractivity contribution in [2.75, 3.05) is 26.4 Å². The predicted octanol–water partition coefficient (Wildman–Crippen LogP) is 3.57. The van der Waals surface area contributed by atoms with Crippen molar-refractivity contribution in [3.8, 4) is 5.75 Å². The number of carbonyl (C=O) groups excluding carboxylic acids is 1. The Hall–Kier alpha value is -0.680. The van der Waals surface area contributed by atoms with Crippen LogP contribution in [0.3, 0.4) is 0 Å². The highest BCUT2D eigenvalue weighted by Gasteiger charge is 2.21. The largest absolute Gasteiger partial charge is 0.489 e. The smallest absolute Gasteiger partial charge is 0.225 e. The van der Waals surface area contributed by atoms with Crippen LogP contribution in [0.15, 0.2) is 12.1 Å². The van der Waals surface area contributed by atoms with Gasteiger partial charge in [-0.05, 0) is 25.0 Å². The molecule has 21 heavy (non-hydrogen) atoms. The van der Waals surface area contributed by atoms with Crippen molar-refractivity contribution >= 4 is 40.7 Å². The first-order valence-electron chi connectivity index (χ1n) is 6.70. The third-order valence-corrected chi connectivity index (χ3v) is 3.92. The van der Waals surface area contributed by atoms with E-state index in [0.717, 1.165) is 19.4 Å². The van der Waals surface area contributed by atoms with Crippen LogP contribution in [0.1, 0.15) is 12.8 Å². The van der Waals surface area contributed by atoms with Crippen molar-refractivity contribution in [3.05, 3.63) is 27.2 Å². The van der Waals surface area contributed by atoms with Crippen LogP contribution in [-0.4, -0.2) is 32.3 Å². The third-order valence-electron chi connectivity index (χ3n) is 3.14. The van der Waals surface area contributed by atoms with Crippen LogP contribution in [0, 0.1) is 5.92 Å². The molecule has 0 saturated carbocycles. The van der Waals surface area contributed by atoms with E-state index in [0.29, 0.717) is 34.0 Å². The number of halogens is 3. The molecule has 0 spiro atoms. The molecule has 1 atom stereocenters. The standard InChI is InChI=1S/C14H16Cl3NO3/c15-10-6-11(16)13(12(17)7-10)21-5-3-18-14(19)9-2-1-4-20-8-9/h6-7,9H,1-5,8H2,(H,18,19). The summed E-state index contributed by atoms with van der Waals surface area (Å²) < 4.78 is 10.8. The van der Waals surface area contributed by atoms with E-state index < -0.39 is 0 Å². The van der Waals surface area contributed by atoms with Gasteiger partial charge in [-0.3, -0.25) is 4.79 Å². The van der Waals surface area contributed by atoms with Gasteiger partial charge in [-0.2, -0.15) is 0 Å². The number of hydrogen-bond donors (Lipinski definition) is 1. The molecule has 0 bridgehead atoms. The summed E-state index contributed by atoms with van der Waals surface area (Å²) in [4.78, 5) is 11.9. The lowest BCUT2D eigenvalue weighted by molar-refractivity contribution is -0.129. The number of nitrogens with one attached hydrogen (secondary N) is 1. The van der Waals surface area contributed by atoms with Crippen molar-refractivity contribution in [2.45, 2.75) is 12.8 Å². The van der Waals surface area contributed by atoms with Crippen molar-refractivity contribution < 1.29 is 14.3 Å². The number of hydrogen-bond acceptors (Lipinski definition) is 3. The first kappa shape index (κ1) is 16.7. The zero-order valence-electron chi connectivity index (χ0n) is 11.3. The van der Waals surface area contributed by atoms with E-state index in [9.17, 15) is 4.79 Å². The Balaban J connectivity index is 1.76. The molecule has 1 aliphatic heterocycles. The average molecular weight is 353 g/mol. The Morgan fingerprint density at radius 1 is 1.33 bits per heavy atom. The number of rotatable bonds is 5. The van der Waals surface area contributed by atoms with E-state index >= 15 is 0 Å². The van der Waals surface area contributed by atoms with E-state index in [1.54, 1.807) is 12.1 Å². The fourth-order valence-electron chi connectivity index (χ4n) is 2.09. The zero-order chi connectivity index (χ0) is 15.2. The minimum absolute atomic E-state index is 0.00778. The molecule has 0 radical (unpaired) electrons. The first-order chi connectivity index (χ1) is 10.1. The fraction of sp³-hybridized carbons (Fsp3) is 0.500. The van der Waals surface area contributed by atoms with Crippen molar-refractivity contribution in [3.63, 3.8) is 0 Å². The van der Waals surface area contributed by atoms with Gasteiger partial charge in [0.05, 0.1) is 29.1 Å². The molecule has 4 nitrogen and oxygen atoms in total. The van der Waals surface area contributed by atoms with E-state index in [-0.39, 0.29) is 18.4 Å². The Labute approximate surface area is 138 Å². The minimum Gasteiger partial charge on any atom is -0.489 e. The number of carbonyl (C=O) groups is 1. The molecule has 1 saturated heterocycles. The highest BCUT2D eigenvalue weighted by atomic mass is 35.5. The van der Waals surface area contributed by atoms with Crippen LogP contribution in [0.2, 0.25) is 15.1 Å². The number of benzene rings is 1. The van der Waals surface area contributed by atoms with Gasteiger partial charge >= 0.3 is 0 Å². The van der Waals surface area contributed by atoms with Crippen molar-refractivity contribution in [1.29, 1.82) is 0 Å². The van der Waals surface area contributed by atoms with Gasteiger partial charge in [0.2, 0.25) is 5.91 Å². The number of amides is 1. The molecule has 0 aromatic heterocycles. The summed E-state index contributed by atoms with van der Waals surface area (Å²) in [6.07, 6.45) is 1.78. The predicted molar refractivity (Wildman–Crippen MR) is 83.5 cm³/mol. The molecular formula is C14H16Cl3NO3. The summed E-state index contributed by atoms with van der Waals surface area (Å²) in [5.41, 5.74) is 0. The Morgan fingerprint density at radius 3 is 2.67 bits per heavy atom. The van der Waals surface area contributed by atoms with Gasteiger partial charge in [0.1, 0.15) is 6.61 Å². The maximum atomic E-state index is 11.9. The molecule has 1 unspecified atom stereocenters. The summed E-state index contributed by atoms with van der Waals surface area (Å²) in [5, 5.41) is 3.96. The summed E-state index contributed by atoms with van der Waals surface area (Å²) in [6.45, 7) is 1.88. The summed E-state index contributed by atoms with van der Waals surface area (Å²) in [7, 11) is 0. The maximum Gasteiger partial charge on any atom is 0.225 e. The second kappa shape index (κ2) is 8.08. The monoisotopic (exact) mass is 351 g/mol. The minimum atomic E-state index is -0.0681. The molecule has 1 aromatic rings. The van der Waals surface area contributed by atoms with Gasteiger partial charge in [-0.1, -0.05) is 34.8 Å². The second-order valence-electron chi connectivity index (χ2n) is 4.75. The highest BCUT2D eigenvalue weighted by Crippen LogP contribution is 2.35. The Kier molecular flexibility index (Phi) is 6.42. The van der Waals surface area contributed by atoms with Gasteiger partial charge in [-0.25, -0.2) is 0 Å². The van der Waals surface area contributed by atoms with Crippen molar-refractivity contribution in [2.24, 2.45) is 5.92 Å². The molecule has 1 amide bonds. The topological polar surface area (TPSA) is 47.6 Å². The van der Waals surface area contributed by atoms with Gasteiger partial charge in [0, 0.05) is 11.6 Å². The summed E-state index contributed by atoms with van der Waals surface area (Å²) in [6, 6.07) is 3.12. The van der Waals surface area contributed by atoms with Crippen LogP contribution >= 0.6 is 34.8 Å². The van der Waals surface area contributed by atoms with Crippen molar-refractivity contribution in [1.82, 2.24) is 5.32 Å². The van der Waals surface area contributed by atoms with E-state index in [1.807, 2.05) is 0 Å². The van der Waals surface area contributed by atoms with E-state index in [1.165, 1.54) is 0 Å². The van der Waals surface area contributed by atoms with Gasteiger partial charge in [-0.15, -0.1) is 0 Å². The van der Waals surface area contributed by atoms with Gasteiger partial charge < -0.3 is 14.8 Å². The first-order valence-corrected chi connectivity index (χ1v) is 7.84. The molecular weight excluding hydrogens is 337 g/mol. The Morgan fingerprint density at radius 2 is 2.05 bits per heavy atom. The maximum absolute atomic E-state index is 11.9. The van der Waals surface area contributed by atoms with Gasteiger partial charge in [0.25, 0.3) is 0 Å². The molecule has 1 N–H and O–H groups in total. The highest BCUT2D eigenvalue weighted by molar-refractivity contribution is 6.40. The molecule has 1 fully saturated rings. The van der Waals surface area contributed by atoms with Gasteiger partial charge in [0.15, 0.2) is 5.75 Å². The molecule has 1 heterocycles. The van der Waals surface area contributed by atoms with Crippen LogP contribution in [0.4, 0.5) is 0 Å². The quantitative estimate of drug-likeness (QED) is 0.824. The molecule has 116 valence electrons. The van der Waals surface area contributed by atoms with Crippen LogP contribution in [-0.2, 0) is 9.53 Å². The van der Waals surface area contributed by atoms with Crippen LogP contribution < -0.4 is 10.1 Å². The SMILES string of the molecule is O=C(NCCOc1c(Cl)cc(Cl)cc1Cl)C1CCCOC1. The number of ether oxygens (including phenoxy) is 2. The second-order valence-corrected chi connectivity index (χ2v) is 6.00. The lowest BCUT2D eigenvalue weighted by atomic mass is 10.0. The molecule has 1 aliphatic rings. The van der Waals surface area contributed by atoms with Crippen LogP contribution in [0.25, 0.3) is 0 Å². The molecule has 1 aromatic carbocycles. The molecule has 2 rings (SSSR count). The summed E-state index contributed by atoms with van der Waals surface area (Å²) in [5.74, 6) is 0.297. The normalized spacial score (nSPS) is 18.3.